The maximum Gasteiger partial charge on any atom is 0.252 e. The minimum absolute atomic E-state index is 0.0523. The summed E-state index contributed by atoms with van der Waals surface area (Å²) in [5.74, 6) is 0.0523. The van der Waals surface area contributed by atoms with Gasteiger partial charge in [-0.1, -0.05) is 0 Å². The van der Waals surface area contributed by atoms with Crippen molar-refractivity contribution in [2.24, 2.45) is 0 Å². The second-order valence-electron chi connectivity index (χ2n) is 4.01. The lowest BCUT2D eigenvalue weighted by atomic mass is 10.0. The van der Waals surface area contributed by atoms with Gasteiger partial charge in [0, 0.05) is 19.7 Å². The molecule has 13 heavy (non-hydrogen) atoms. The molecule has 0 bridgehead atoms. The van der Waals surface area contributed by atoms with Gasteiger partial charge in [0.05, 0.1) is 6.04 Å². The number of hydrogen-bond donors (Lipinski definition) is 2. The normalized spacial score (nSPS) is 34.2. The second kappa shape index (κ2) is 3.27. The second-order valence-corrected chi connectivity index (χ2v) is 4.01. The molecular weight excluding hydrogens is 168 g/mol. The van der Waals surface area contributed by atoms with Crippen LogP contribution in [0.5, 0.6) is 0 Å². The Morgan fingerprint density at radius 1 is 1.62 bits per heavy atom. The van der Waals surface area contributed by atoms with Crippen molar-refractivity contribution in [2.45, 2.75) is 31.4 Å². The lowest BCUT2D eigenvalue weighted by molar-refractivity contribution is -0.140. The molecule has 2 aliphatic rings. The van der Waals surface area contributed by atoms with E-state index >= 15 is 0 Å². The predicted octanol–water partition coefficient (Wildman–Crippen LogP) is -0.357. The van der Waals surface area contributed by atoms with Gasteiger partial charge in [0.15, 0.2) is 0 Å². The van der Waals surface area contributed by atoms with Crippen LogP contribution in [0.3, 0.4) is 0 Å². The molecule has 1 atom stereocenters. The third-order valence-corrected chi connectivity index (χ3v) is 2.82. The van der Waals surface area contributed by atoms with Crippen molar-refractivity contribution in [1.82, 2.24) is 10.6 Å². The van der Waals surface area contributed by atoms with Crippen LogP contribution in [0.4, 0.5) is 0 Å². The van der Waals surface area contributed by atoms with Crippen LogP contribution in [-0.2, 0) is 9.53 Å². The number of ether oxygens (including phenoxy) is 1. The van der Waals surface area contributed by atoms with Crippen molar-refractivity contribution in [3.63, 3.8) is 0 Å². The van der Waals surface area contributed by atoms with Gasteiger partial charge in [0.25, 0.3) is 5.91 Å². The van der Waals surface area contributed by atoms with E-state index in [1.54, 1.807) is 0 Å². The van der Waals surface area contributed by atoms with Crippen molar-refractivity contribution >= 4 is 5.91 Å². The minimum atomic E-state index is -0.560. The highest BCUT2D eigenvalue weighted by atomic mass is 16.5. The van der Waals surface area contributed by atoms with Crippen LogP contribution in [-0.4, -0.2) is 37.2 Å². The van der Waals surface area contributed by atoms with Gasteiger partial charge in [-0.25, -0.2) is 0 Å². The molecule has 1 unspecified atom stereocenters. The van der Waals surface area contributed by atoms with Crippen LogP contribution in [0.15, 0.2) is 0 Å². The van der Waals surface area contributed by atoms with E-state index in [-0.39, 0.29) is 5.91 Å². The molecule has 74 valence electrons. The third kappa shape index (κ3) is 1.69. The number of nitrogens with one attached hydrogen (secondary N) is 2. The largest absolute Gasteiger partial charge is 0.365 e. The highest BCUT2D eigenvalue weighted by molar-refractivity contribution is 5.85. The van der Waals surface area contributed by atoms with E-state index < -0.39 is 5.60 Å². The summed E-state index contributed by atoms with van der Waals surface area (Å²) < 4.78 is 5.44. The first-order valence-corrected chi connectivity index (χ1v) is 4.86. The van der Waals surface area contributed by atoms with Crippen molar-refractivity contribution in [3.8, 4) is 0 Å². The molecule has 2 N–H and O–H groups in total. The van der Waals surface area contributed by atoms with Crippen molar-refractivity contribution in [2.75, 3.05) is 19.7 Å². The zero-order valence-corrected chi connectivity index (χ0v) is 7.93. The molecule has 4 heteroatoms. The molecule has 2 saturated heterocycles. The Morgan fingerprint density at radius 2 is 2.38 bits per heavy atom. The van der Waals surface area contributed by atoms with E-state index in [4.69, 9.17) is 4.74 Å². The number of rotatable bonds is 2. The van der Waals surface area contributed by atoms with Crippen LogP contribution in [0.2, 0.25) is 0 Å². The monoisotopic (exact) mass is 184 g/mol. The molecule has 2 fully saturated rings. The first-order valence-electron chi connectivity index (χ1n) is 4.86. The van der Waals surface area contributed by atoms with Crippen LogP contribution in [0.25, 0.3) is 0 Å². The summed E-state index contributed by atoms with van der Waals surface area (Å²) in [5, 5.41) is 6.09. The van der Waals surface area contributed by atoms with E-state index in [1.165, 1.54) is 0 Å². The summed E-state index contributed by atoms with van der Waals surface area (Å²) in [7, 11) is 0. The van der Waals surface area contributed by atoms with Gasteiger partial charge in [0.2, 0.25) is 0 Å². The topological polar surface area (TPSA) is 50.4 Å². The van der Waals surface area contributed by atoms with Crippen LogP contribution in [0, 0.1) is 0 Å². The Kier molecular flexibility index (Phi) is 2.26. The Hall–Kier alpha value is -0.610. The Balaban J connectivity index is 1.87. The van der Waals surface area contributed by atoms with Crippen LogP contribution < -0.4 is 10.6 Å². The summed E-state index contributed by atoms with van der Waals surface area (Å²) >= 11 is 0. The van der Waals surface area contributed by atoms with Crippen molar-refractivity contribution in [1.29, 1.82) is 0 Å². The van der Waals surface area contributed by atoms with E-state index in [1.807, 2.05) is 6.92 Å². The molecule has 0 aromatic heterocycles. The van der Waals surface area contributed by atoms with Gasteiger partial charge in [0.1, 0.15) is 5.60 Å². The average Bonchev–Trinajstić information content (AvgIpc) is 2.45. The molecule has 0 aromatic rings. The van der Waals surface area contributed by atoms with Crippen LogP contribution in [0.1, 0.15) is 19.8 Å². The summed E-state index contributed by atoms with van der Waals surface area (Å²) in [4.78, 5) is 11.7. The summed E-state index contributed by atoms with van der Waals surface area (Å²) in [6.07, 6.45) is 1.84. The zero-order valence-electron chi connectivity index (χ0n) is 7.93. The lowest BCUT2D eigenvalue weighted by Gasteiger charge is -2.31. The fraction of sp³-hybridized carbons (Fsp3) is 0.889. The zero-order chi connectivity index (χ0) is 9.31. The van der Waals surface area contributed by atoms with E-state index in [0.29, 0.717) is 12.6 Å². The molecule has 2 rings (SSSR count). The lowest BCUT2D eigenvalue weighted by Crippen LogP contribution is -2.60. The number of hydrogen-bond acceptors (Lipinski definition) is 3. The fourth-order valence-electron chi connectivity index (χ4n) is 1.69. The van der Waals surface area contributed by atoms with E-state index in [2.05, 4.69) is 10.6 Å². The standard InChI is InChI=1S/C9H16N2O2/c1-9(3-2-4-13-9)8(12)11-7-5-10-6-7/h7,10H,2-6H2,1H3,(H,11,12). The molecule has 1 amide bonds. The first kappa shape index (κ1) is 8.97. The number of amides is 1. The maximum absolute atomic E-state index is 11.7. The molecule has 4 nitrogen and oxygen atoms in total. The van der Waals surface area contributed by atoms with Crippen molar-refractivity contribution in [3.05, 3.63) is 0 Å². The quantitative estimate of drug-likeness (QED) is 0.616. The molecule has 0 spiro atoms. The molecule has 2 heterocycles. The molecule has 0 saturated carbocycles. The van der Waals surface area contributed by atoms with Gasteiger partial charge in [-0.05, 0) is 19.8 Å². The van der Waals surface area contributed by atoms with Gasteiger partial charge >= 0.3 is 0 Å². The Bertz CT molecular complexity index is 208. The van der Waals surface area contributed by atoms with Gasteiger partial charge in [-0.15, -0.1) is 0 Å². The third-order valence-electron chi connectivity index (χ3n) is 2.82. The smallest absolute Gasteiger partial charge is 0.252 e. The molecule has 0 radical (unpaired) electrons. The van der Waals surface area contributed by atoms with E-state index in [0.717, 1.165) is 25.9 Å². The average molecular weight is 184 g/mol. The number of carbonyl (C=O) groups is 1. The fourth-order valence-corrected chi connectivity index (χ4v) is 1.69. The predicted molar refractivity (Wildman–Crippen MR) is 48.4 cm³/mol. The Labute approximate surface area is 78.0 Å². The highest BCUT2D eigenvalue weighted by Crippen LogP contribution is 2.25. The van der Waals surface area contributed by atoms with Gasteiger partial charge in [-0.3, -0.25) is 4.79 Å². The molecule has 0 aromatic carbocycles. The summed E-state index contributed by atoms with van der Waals surface area (Å²) in [6, 6.07) is 0.313. The Morgan fingerprint density at radius 3 is 2.85 bits per heavy atom. The molecular formula is C9H16N2O2. The molecule has 2 aliphatic heterocycles. The summed E-state index contributed by atoms with van der Waals surface area (Å²) in [6.45, 7) is 4.37. The van der Waals surface area contributed by atoms with Gasteiger partial charge in [-0.2, -0.15) is 0 Å². The van der Waals surface area contributed by atoms with E-state index in [9.17, 15) is 4.79 Å². The highest BCUT2D eigenvalue weighted by Gasteiger charge is 2.39. The maximum atomic E-state index is 11.7. The number of carbonyl (C=O) groups excluding carboxylic acids is 1. The summed E-state index contributed by atoms with van der Waals surface area (Å²) in [5.41, 5.74) is -0.560. The first-order chi connectivity index (χ1) is 6.21. The SMILES string of the molecule is CC1(C(=O)NC2CNC2)CCCO1. The minimum Gasteiger partial charge on any atom is -0.365 e. The van der Waals surface area contributed by atoms with Crippen LogP contribution >= 0.6 is 0 Å². The van der Waals surface area contributed by atoms with Gasteiger partial charge < -0.3 is 15.4 Å². The van der Waals surface area contributed by atoms with Crippen molar-refractivity contribution < 1.29 is 9.53 Å². The molecule has 0 aliphatic carbocycles.